The smallest absolute Gasteiger partial charge is 0.313 e. The minimum Gasteiger partial charge on any atom is -0.481 e. The molecule has 144 valence electrons. The summed E-state index contributed by atoms with van der Waals surface area (Å²) in [6.45, 7) is 6.50. The van der Waals surface area contributed by atoms with Gasteiger partial charge in [-0.15, -0.1) is 0 Å². The molecule has 1 amide bonds. The molecule has 1 saturated heterocycles. The molecule has 1 aromatic carbocycles. The van der Waals surface area contributed by atoms with Gasteiger partial charge in [-0.2, -0.15) is 5.10 Å². The molecule has 0 bridgehead atoms. The molecule has 7 heteroatoms. The molecule has 1 unspecified atom stereocenters. The Bertz CT molecular complexity index is 889. The van der Waals surface area contributed by atoms with Gasteiger partial charge >= 0.3 is 5.97 Å². The fourth-order valence-corrected chi connectivity index (χ4v) is 3.66. The molecule has 0 saturated carbocycles. The molecule has 1 aliphatic rings. The quantitative estimate of drug-likeness (QED) is 0.872. The predicted octanol–water partition coefficient (Wildman–Crippen LogP) is 2.36. The van der Waals surface area contributed by atoms with E-state index in [0.29, 0.717) is 18.5 Å². The highest BCUT2D eigenvalue weighted by atomic mass is 16.5. The summed E-state index contributed by atoms with van der Waals surface area (Å²) in [4.78, 5) is 26.3. The van der Waals surface area contributed by atoms with Gasteiger partial charge in [0.05, 0.1) is 29.7 Å². The standard InChI is InChI=1S/C20H25N3O4/c1-13-5-6-14(2)17(9-13)23-15(3)16(10-21-23)18(24)22-8-7-20(11-22,12-27-4)19(25)26/h5-6,9-10H,7-8,11-12H2,1-4H3,(H,25,26). The Morgan fingerprint density at radius 3 is 2.70 bits per heavy atom. The van der Waals surface area contributed by atoms with E-state index in [1.807, 2.05) is 39.0 Å². The Morgan fingerprint density at radius 1 is 1.30 bits per heavy atom. The lowest BCUT2D eigenvalue weighted by molar-refractivity contribution is -0.151. The molecule has 0 radical (unpaired) electrons. The lowest BCUT2D eigenvalue weighted by atomic mass is 9.88. The van der Waals surface area contributed by atoms with Crippen LogP contribution < -0.4 is 0 Å². The number of methoxy groups -OCH3 is 1. The van der Waals surface area contributed by atoms with E-state index in [0.717, 1.165) is 22.5 Å². The molecule has 3 rings (SSSR count). The first-order chi connectivity index (χ1) is 12.8. The third-order valence-corrected chi connectivity index (χ3v) is 5.35. The van der Waals surface area contributed by atoms with Crippen molar-refractivity contribution in [3.8, 4) is 5.69 Å². The molecule has 0 spiro atoms. The Morgan fingerprint density at radius 2 is 2.04 bits per heavy atom. The maximum atomic E-state index is 13.0. The van der Waals surface area contributed by atoms with Gasteiger partial charge in [0.15, 0.2) is 0 Å². The molecule has 1 fully saturated rings. The fraction of sp³-hybridized carbons (Fsp3) is 0.450. The van der Waals surface area contributed by atoms with E-state index < -0.39 is 11.4 Å². The zero-order valence-electron chi connectivity index (χ0n) is 16.2. The van der Waals surface area contributed by atoms with Gasteiger partial charge in [-0.1, -0.05) is 12.1 Å². The third kappa shape index (κ3) is 3.35. The number of carbonyl (C=O) groups excluding carboxylic acids is 1. The van der Waals surface area contributed by atoms with Crippen molar-refractivity contribution < 1.29 is 19.4 Å². The second-order valence-corrected chi connectivity index (χ2v) is 7.34. The molecule has 1 aliphatic heterocycles. The van der Waals surface area contributed by atoms with Gasteiger partial charge in [-0.25, -0.2) is 4.68 Å². The number of nitrogens with zero attached hydrogens (tertiary/aromatic N) is 3. The van der Waals surface area contributed by atoms with Crippen molar-refractivity contribution in [2.75, 3.05) is 26.8 Å². The number of likely N-dealkylation sites (tertiary alicyclic amines) is 1. The van der Waals surface area contributed by atoms with Crippen LogP contribution in [0.2, 0.25) is 0 Å². The monoisotopic (exact) mass is 371 g/mol. The van der Waals surface area contributed by atoms with E-state index >= 15 is 0 Å². The lowest BCUT2D eigenvalue weighted by Crippen LogP contribution is -2.40. The average molecular weight is 371 g/mol. The molecule has 1 atom stereocenters. The van der Waals surface area contributed by atoms with Gasteiger partial charge in [0.2, 0.25) is 0 Å². The number of aliphatic carboxylic acids is 1. The summed E-state index contributed by atoms with van der Waals surface area (Å²) in [6.07, 6.45) is 1.95. The van der Waals surface area contributed by atoms with Crippen molar-refractivity contribution in [1.29, 1.82) is 0 Å². The average Bonchev–Trinajstić information content (AvgIpc) is 3.22. The van der Waals surface area contributed by atoms with Gasteiger partial charge in [0, 0.05) is 20.2 Å². The van der Waals surface area contributed by atoms with E-state index in [-0.39, 0.29) is 19.1 Å². The van der Waals surface area contributed by atoms with Gasteiger partial charge in [0.25, 0.3) is 5.91 Å². The Balaban J connectivity index is 1.88. The second-order valence-electron chi connectivity index (χ2n) is 7.34. The second kappa shape index (κ2) is 7.15. The minimum atomic E-state index is -1.04. The third-order valence-electron chi connectivity index (χ3n) is 5.35. The van der Waals surface area contributed by atoms with Crippen LogP contribution in [0.1, 0.15) is 33.6 Å². The largest absolute Gasteiger partial charge is 0.481 e. The summed E-state index contributed by atoms with van der Waals surface area (Å²) >= 11 is 0. The van der Waals surface area contributed by atoms with Crippen molar-refractivity contribution in [3.63, 3.8) is 0 Å². The number of aromatic nitrogens is 2. The number of ether oxygens (including phenoxy) is 1. The van der Waals surface area contributed by atoms with Crippen LogP contribution >= 0.6 is 0 Å². The number of hydrogen-bond donors (Lipinski definition) is 1. The first-order valence-electron chi connectivity index (χ1n) is 8.93. The molecule has 7 nitrogen and oxygen atoms in total. The summed E-state index contributed by atoms with van der Waals surface area (Å²) in [6, 6.07) is 6.10. The van der Waals surface area contributed by atoms with Crippen molar-refractivity contribution in [3.05, 3.63) is 46.8 Å². The van der Waals surface area contributed by atoms with Crippen molar-refractivity contribution in [1.82, 2.24) is 14.7 Å². The van der Waals surface area contributed by atoms with Crippen LogP contribution in [0.25, 0.3) is 5.69 Å². The van der Waals surface area contributed by atoms with E-state index in [1.54, 1.807) is 15.8 Å². The first kappa shape index (κ1) is 19.1. The maximum Gasteiger partial charge on any atom is 0.313 e. The van der Waals surface area contributed by atoms with Crippen LogP contribution in [0.3, 0.4) is 0 Å². The first-order valence-corrected chi connectivity index (χ1v) is 8.93. The van der Waals surface area contributed by atoms with Crippen molar-refractivity contribution >= 4 is 11.9 Å². The molecule has 2 aromatic rings. The highest BCUT2D eigenvalue weighted by molar-refractivity contribution is 5.96. The van der Waals surface area contributed by atoms with Crippen molar-refractivity contribution in [2.45, 2.75) is 27.2 Å². The Kier molecular flexibility index (Phi) is 5.06. The molecule has 1 aromatic heterocycles. The topological polar surface area (TPSA) is 84.7 Å². The summed E-state index contributed by atoms with van der Waals surface area (Å²) < 4.78 is 6.87. The Hall–Kier alpha value is -2.67. The SMILES string of the molecule is COCC1(C(=O)O)CCN(C(=O)c2cnn(-c3cc(C)ccc3C)c2C)C1. The van der Waals surface area contributed by atoms with Crippen LogP contribution in [0.15, 0.2) is 24.4 Å². The van der Waals surface area contributed by atoms with E-state index in [4.69, 9.17) is 4.74 Å². The number of benzene rings is 1. The van der Waals surface area contributed by atoms with Gasteiger partial charge in [-0.3, -0.25) is 9.59 Å². The molecular formula is C20H25N3O4. The van der Waals surface area contributed by atoms with Crippen LogP contribution in [0.4, 0.5) is 0 Å². The van der Waals surface area contributed by atoms with E-state index in [9.17, 15) is 14.7 Å². The van der Waals surface area contributed by atoms with Gasteiger partial charge in [0.1, 0.15) is 5.41 Å². The Labute approximate surface area is 158 Å². The van der Waals surface area contributed by atoms with Crippen molar-refractivity contribution in [2.24, 2.45) is 5.41 Å². The number of carboxylic acids is 1. The minimum absolute atomic E-state index is 0.0901. The number of hydrogen-bond acceptors (Lipinski definition) is 4. The van der Waals surface area contributed by atoms with Gasteiger partial charge in [-0.05, 0) is 44.4 Å². The highest BCUT2D eigenvalue weighted by Crippen LogP contribution is 2.32. The number of carbonyl (C=O) groups is 2. The summed E-state index contributed by atoms with van der Waals surface area (Å²) in [7, 11) is 1.48. The summed E-state index contributed by atoms with van der Waals surface area (Å²) in [5.74, 6) is -1.12. The number of rotatable bonds is 5. The maximum absolute atomic E-state index is 13.0. The highest BCUT2D eigenvalue weighted by Gasteiger charge is 2.46. The van der Waals surface area contributed by atoms with Crippen LogP contribution in [0.5, 0.6) is 0 Å². The molecule has 2 heterocycles. The molecule has 27 heavy (non-hydrogen) atoms. The van der Waals surface area contributed by atoms with E-state index in [1.165, 1.54) is 7.11 Å². The number of amides is 1. The summed E-state index contributed by atoms with van der Waals surface area (Å²) in [5.41, 5.74) is 3.32. The molecule has 0 aliphatic carbocycles. The lowest BCUT2D eigenvalue weighted by Gasteiger charge is -2.23. The molecular weight excluding hydrogens is 346 g/mol. The van der Waals surface area contributed by atoms with Gasteiger partial charge < -0.3 is 14.7 Å². The number of carboxylic acid groups (broad SMARTS) is 1. The van der Waals surface area contributed by atoms with Crippen LogP contribution in [-0.2, 0) is 9.53 Å². The zero-order valence-corrected chi connectivity index (χ0v) is 16.2. The van der Waals surface area contributed by atoms with Crippen LogP contribution in [0, 0.1) is 26.2 Å². The predicted molar refractivity (Wildman–Crippen MR) is 100 cm³/mol. The zero-order chi connectivity index (χ0) is 19.8. The molecule has 1 N–H and O–H groups in total. The van der Waals surface area contributed by atoms with E-state index in [2.05, 4.69) is 5.10 Å². The number of aryl methyl sites for hydroxylation is 2. The summed E-state index contributed by atoms with van der Waals surface area (Å²) in [5, 5.41) is 14.0. The van der Waals surface area contributed by atoms with Crippen LogP contribution in [-0.4, -0.2) is 58.5 Å². The fourth-order valence-electron chi connectivity index (χ4n) is 3.66. The normalized spacial score (nSPS) is 19.5.